The Bertz CT molecular complexity index is 1740. The van der Waals surface area contributed by atoms with Crippen molar-refractivity contribution in [3.8, 4) is 0 Å². The lowest BCUT2D eigenvalue weighted by atomic mass is 10.0. The van der Waals surface area contributed by atoms with E-state index in [1.54, 1.807) is 0 Å². The van der Waals surface area contributed by atoms with Crippen LogP contribution in [0.15, 0.2) is 119 Å². The molecule has 0 spiro atoms. The Morgan fingerprint density at radius 1 is 0.795 bits per heavy atom. The van der Waals surface area contributed by atoms with Gasteiger partial charge in [-0.1, -0.05) is 75.3 Å². The van der Waals surface area contributed by atoms with Crippen molar-refractivity contribution in [2.45, 2.75) is 46.1 Å². The molecule has 8 nitrogen and oxygen atoms in total. The molecule has 1 aromatic heterocycles. The highest BCUT2D eigenvalue weighted by Gasteiger charge is 2.23. The summed E-state index contributed by atoms with van der Waals surface area (Å²) in [5.41, 5.74) is 3.35. The van der Waals surface area contributed by atoms with E-state index in [4.69, 9.17) is 0 Å². The first-order valence-corrected chi connectivity index (χ1v) is 15.3. The first-order chi connectivity index (χ1) is 21.4. The minimum absolute atomic E-state index is 0.246. The molecular formula is C36H40N6O2. The molecule has 2 aliphatic carbocycles. The highest BCUT2D eigenvalue weighted by molar-refractivity contribution is 6.14. The molecule has 0 saturated carbocycles. The normalized spacial score (nSPS) is 16.9. The van der Waals surface area contributed by atoms with E-state index in [0.29, 0.717) is 23.1 Å². The van der Waals surface area contributed by atoms with E-state index in [1.807, 2.05) is 106 Å². The summed E-state index contributed by atoms with van der Waals surface area (Å²) >= 11 is 0. The van der Waals surface area contributed by atoms with Crippen molar-refractivity contribution in [3.05, 3.63) is 126 Å². The molecule has 226 valence electrons. The van der Waals surface area contributed by atoms with Gasteiger partial charge in [0.25, 0.3) is 0 Å². The Labute approximate surface area is 259 Å². The Balaban J connectivity index is 1.29. The van der Waals surface area contributed by atoms with Gasteiger partial charge in [-0.05, 0) is 58.7 Å². The molecular weight excluding hydrogens is 548 g/mol. The summed E-state index contributed by atoms with van der Waals surface area (Å²) in [5, 5.41) is 15.1. The maximum absolute atomic E-state index is 13.0. The van der Waals surface area contributed by atoms with Gasteiger partial charge in [-0.2, -0.15) is 0 Å². The zero-order valence-corrected chi connectivity index (χ0v) is 26.0. The Hall–Kier alpha value is -4.98. The lowest BCUT2D eigenvalue weighted by Crippen LogP contribution is -2.35. The third kappa shape index (κ3) is 6.97. The van der Waals surface area contributed by atoms with Crippen molar-refractivity contribution in [1.82, 2.24) is 14.4 Å². The average Bonchev–Trinajstić information content (AvgIpc) is 3.61. The van der Waals surface area contributed by atoms with Crippen LogP contribution in [0.1, 0.15) is 50.1 Å². The van der Waals surface area contributed by atoms with E-state index >= 15 is 0 Å². The zero-order valence-electron chi connectivity index (χ0n) is 26.0. The summed E-state index contributed by atoms with van der Waals surface area (Å²) < 4.78 is 3.80. The molecule has 8 heteroatoms. The number of rotatable bonds is 8. The van der Waals surface area contributed by atoms with Crippen LogP contribution in [0.4, 0.5) is 0 Å². The van der Waals surface area contributed by atoms with Gasteiger partial charge in [0, 0.05) is 31.9 Å². The van der Waals surface area contributed by atoms with Crippen molar-refractivity contribution >= 4 is 28.5 Å². The fourth-order valence-electron chi connectivity index (χ4n) is 5.26. The molecule has 0 saturated heterocycles. The molecule has 1 aromatic carbocycles. The number of amides is 1. The second kappa shape index (κ2) is 14.0. The molecule has 1 aliphatic heterocycles. The molecule has 0 atom stereocenters. The number of unbranched alkanes of at least 4 members (excludes halogenated alkanes) is 2. The largest absolute Gasteiger partial charge is 0.856 e. The zero-order chi connectivity index (χ0) is 31.1. The minimum atomic E-state index is -0.246. The average molecular weight is 589 g/mol. The number of carbonyl (C=O) groups is 1. The number of nitrogens with zero attached hydrogens (tertiary/aromatic N) is 6. The van der Waals surface area contributed by atoms with Crippen LogP contribution in [0.3, 0.4) is 0 Å². The minimum Gasteiger partial charge on any atom is -0.856 e. The van der Waals surface area contributed by atoms with Crippen LogP contribution in [-0.4, -0.2) is 45.3 Å². The number of aromatic nitrogens is 2. The predicted molar refractivity (Wildman–Crippen MR) is 174 cm³/mol. The quantitative estimate of drug-likeness (QED) is 0.350. The number of imidazole rings is 1. The van der Waals surface area contributed by atoms with E-state index in [2.05, 4.69) is 48.1 Å². The van der Waals surface area contributed by atoms with Crippen LogP contribution in [0.5, 0.6) is 0 Å². The number of allylic oxidation sites excluding steroid dienone is 8. The van der Waals surface area contributed by atoms with Crippen LogP contribution in [-0.2, 0) is 13.6 Å². The summed E-state index contributed by atoms with van der Waals surface area (Å²) in [6.07, 6.45) is 27.3. The Morgan fingerprint density at radius 3 is 1.91 bits per heavy atom. The van der Waals surface area contributed by atoms with Gasteiger partial charge in [0.15, 0.2) is 0 Å². The Morgan fingerprint density at radius 2 is 1.34 bits per heavy atom. The number of benzene rings is 1. The van der Waals surface area contributed by atoms with Gasteiger partial charge in [-0.3, -0.25) is 9.79 Å². The summed E-state index contributed by atoms with van der Waals surface area (Å²) in [6, 6.07) is 8.33. The highest BCUT2D eigenvalue weighted by Crippen LogP contribution is 2.21. The molecule has 5 rings (SSSR count). The van der Waals surface area contributed by atoms with Gasteiger partial charge in [0.05, 0.1) is 25.0 Å². The first kappa shape index (κ1) is 30.5. The maximum Gasteiger partial charge on any atom is 0.360 e. The second-order valence-corrected chi connectivity index (χ2v) is 11.1. The number of carbonyl (C=O) groups excluding carboxylic acids is 1. The molecule has 0 unspecified atom stereocenters. The third-order valence-corrected chi connectivity index (χ3v) is 7.79. The van der Waals surface area contributed by atoms with E-state index in [-0.39, 0.29) is 11.8 Å². The fourth-order valence-corrected chi connectivity index (χ4v) is 5.26. The number of hydrogen-bond acceptors (Lipinski definition) is 5. The van der Waals surface area contributed by atoms with Gasteiger partial charge in [0.1, 0.15) is 18.2 Å². The van der Waals surface area contributed by atoms with E-state index in [1.165, 1.54) is 0 Å². The second-order valence-electron chi connectivity index (χ2n) is 11.1. The van der Waals surface area contributed by atoms with Crippen LogP contribution in [0.2, 0.25) is 0 Å². The van der Waals surface area contributed by atoms with Crippen molar-refractivity contribution in [1.29, 1.82) is 0 Å². The summed E-state index contributed by atoms with van der Waals surface area (Å²) in [7, 11) is 3.75. The summed E-state index contributed by atoms with van der Waals surface area (Å²) in [4.78, 5) is 25.5. The highest BCUT2D eigenvalue weighted by atomic mass is 16.3. The topological polar surface area (TPSA) is 80.1 Å². The van der Waals surface area contributed by atoms with Gasteiger partial charge < -0.3 is 14.9 Å². The third-order valence-electron chi connectivity index (χ3n) is 7.79. The van der Waals surface area contributed by atoms with Gasteiger partial charge in [0.2, 0.25) is 0 Å². The summed E-state index contributed by atoms with van der Waals surface area (Å²) in [6.45, 7) is 5.88. The van der Waals surface area contributed by atoms with Gasteiger partial charge in [-0.25, -0.2) is 14.1 Å². The monoisotopic (exact) mass is 588 g/mol. The van der Waals surface area contributed by atoms with Crippen molar-refractivity contribution in [2.75, 3.05) is 13.6 Å². The van der Waals surface area contributed by atoms with E-state index in [9.17, 15) is 9.90 Å². The molecule has 0 bridgehead atoms. The van der Waals surface area contributed by atoms with Crippen molar-refractivity contribution in [3.63, 3.8) is 0 Å². The maximum atomic E-state index is 13.0. The predicted octanol–water partition coefficient (Wildman–Crippen LogP) is 3.39. The first-order valence-electron chi connectivity index (χ1n) is 15.3. The van der Waals surface area contributed by atoms with Crippen molar-refractivity contribution in [2.24, 2.45) is 17.0 Å². The van der Waals surface area contributed by atoms with Crippen molar-refractivity contribution < 1.29 is 14.5 Å². The van der Waals surface area contributed by atoms with Crippen LogP contribution in [0.25, 0.3) is 11.1 Å². The number of aryl methyl sites for hydroxylation is 2. The molecule has 2 aromatic rings. The molecule has 44 heavy (non-hydrogen) atoms. The number of hydrogen-bond donors (Lipinski definition) is 0. The molecule has 0 radical (unpaired) electrons. The molecule has 0 N–H and O–H groups in total. The van der Waals surface area contributed by atoms with Crippen LogP contribution in [0, 0.1) is 0 Å². The van der Waals surface area contributed by atoms with Crippen LogP contribution >= 0.6 is 0 Å². The molecule has 3 aliphatic rings. The Kier molecular flexibility index (Phi) is 9.69. The number of aliphatic imine (C=N–C) groups is 2. The summed E-state index contributed by atoms with van der Waals surface area (Å²) in [5.74, 6) is 0.671. The molecule has 1 amide bonds. The van der Waals surface area contributed by atoms with E-state index < -0.39 is 0 Å². The molecule has 2 heterocycles. The SMILES string of the molecule is CCCCN1C=CN(C)/C1=C(\[O-])N=C1C=CC(=c2ccc(=C3C=CC(=NC(=O)c4n(CCCC)cc[n+]4C)C=C3)cc2)C=C1. The van der Waals surface area contributed by atoms with E-state index in [0.717, 1.165) is 60.4 Å². The van der Waals surface area contributed by atoms with Gasteiger partial charge >= 0.3 is 11.7 Å². The van der Waals surface area contributed by atoms with Gasteiger partial charge in [-0.15, -0.1) is 0 Å². The molecule has 0 fully saturated rings. The lowest BCUT2D eigenvalue weighted by Gasteiger charge is -2.26. The van der Waals surface area contributed by atoms with Crippen LogP contribution < -0.4 is 20.1 Å². The lowest BCUT2D eigenvalue weighted by molar-refractivity contribution is -0.673. The fraction of sp³-hybridized carbons (Fsp3) is 0.278. The standard InChI is InChI=1S/C36H40N6O2/c1-5-7-21-41-25-23-39(3)35(41)33(43)37-31-17-13-29(14-18-31)27-9-11-28(12-10-27)30-15-19-32(20-16-30)38-34(44)36-40(4)24-26-42(36)22-8-6-2/h9-20,23-26H,5-8,21-22H2,1-4H3/b29-27?,30-28?,35-33+,37-31?,38-32?. The smallest absolute Gasteiger partial charge is 0.360 e.